The van der Waals surface area contributed by atoms with Gasteiger partial charge in [0.05, 0.1) is 35.4 Å². The summed E-state index contributed by atoms with van der Waals surface area (Å²) >= 11 is 0. The first-order valence-electron chi connectivity index (χ1n) is 8.76. The van der Waals surface area contributed by atoms with Gasteiger partial charge in [-0.05, 0) is 11.6 Å². The molecule has 0 aliphatic heterocycles. The molecule has 0 fully saturated rings. The molecule has 158 valence electrons. The molecular weight excluding hydrogens is 401 g/mol. The molecule has 0 radical (unpaired) electrons. The van der Waals surface area contributed by atoms with Gasteiger partial charge in [-0.25, -0.2) is 4.98 Å². The van der Waals surface area contributed by atoms with Crippen LogP contribution in [0.3, 0.4) is 0 Å². The number of amides is 1. The molecule has 0 aliphatic rings. The van der Waals surface area contributed by atoms with Gasteiger partial charge in [-0.1, -0.05) is 18.2 Å². The van der Waals surface area contributed by atoms with E-state index >= 15 is 0 Å². The number of carbonyl (C=O) groups is 1. The molecule has 1 amide bonds. The van der Waals surface area contributed by atoms with E-state index in [-0.39, 0.29) is 30.2 Å². The number of benzene rings is 1. The lowest BCUT2D eigenvalue weighted by molar-refractivity contribution is -0.137. The maximum Gasteiger partial charge on any atom is 0.419 e. The van der Waals surface area contributed by atoms with E-state index in [1.807, 2.05) is 0 Å². The van der Waals surface area contributed by atoms with Crippen molar-refractivity contribution in [3.05, 3.63) is 65.1 Å². The van der Waals surface area contributed by atoms with Crippen molar-refractivity contribution in [2.45, 2.75) is 19.3 Å². The number of methoxy groups -OCH3 is 1. The fraction of sp³-hybridized carbons (Fsp3) is 0.211. The van der Waals surface area contributed by atoms with E-state index in [1.54, 1.807) is 18.2 Å². The Balaban J connectivity index is 1.89. The topological polar surface area (TPSA) is 118 Å². The minimum absolute atomic E-state index is 0.0354. The zero-order valence-electron chi connectivity index (χ0n) is 15.9. The first-order chi connectivity index (χ1) is 14.3. The number of ether oxygens (including phenoxy) is 1. The second kappa shape index (κ2) is 8.82. The number of aromatic nitrogens is 3. The van der Waals surface area contributed by atoms with Crippen LogP contribution in [0.25, 0.3) is 0 Å². The van der Waals surface area contributed by atoms with Crippen molar-refractivity contribution in [2.75, 3.05) is 17.7 Å². The third-order valence-corrected chi connectivity index (χ3v) is 4.23. The highest BCUT2D eigenvalue weighted by atomic mass is 19.4. The van der Waals surface area contributed by atoms with Crippen molar-refractivity contribution in [1.29, 1.82) is 0 Å². The molecule has 0 atom stereocenters. The minimum Gasteiger partial charge on any atom is -0.380 e. The number of rotatable bonds is 8. The summed E-state index contributed by atoms with van der Waals surface area (Å²) in [6, 6.07) is 7.66. The minimum atomic E-state index is -4.62. The van der Waals surface area contributed by atoms with Crippen molar-refractivity contribution < 1.29 is 22.7 Å². The third-order valence-electron chi connectivity index (χ3n) is 4.23. The van der Waals surface area contributed by atoms with Gasteiger partial charge in [0.1, 0.15) is 5.82 Å². The van der Waals surface area contributed by atoms with Crippen molar-refractivity contribution in [1.82, 2.24) is 15.2 Å². The monoisotopic (exact) mass is 420 g/mol. The zero-order chi connectivity index (χ0) is 21.7. The van der Waals surface area contributed by atoms with Gasteiger partial charge >= 0.3 is 6.18 Å². The summed E-state index contributed by atoms with van der Waals surface area (Å²) in [6.45, 7) is 0.199. The molecule has 30 heavy (non-hydrogen) atoms. The van der Waals surface area contributed by atoms with E-state index in [2.05, 4.69) is 25.8 Å². The Morgan fingerprint density at radius 2 is 2.00 bits per heavy atom. The highest BCUT2D eigenvalue weighted by Gasteiger charge is 2.34. The van der Waals surface area contributed by atoms with Gasteiger partial charge in [-0.2, -0.15) is 18.3 Å². The predicted octanol–water partition coefficient (Wildman–Crippen LogP) is 3.42. The average molecular weight is 420 g/mol. The summed E-state index contributed by atoms with van der Waals surface area (Å²) in [5.74, 6) is -0.487. The summed E-state index contributed by atoms with van der Waals surface area (Å²) in [5, 5.41) is 12.3. The van der Waals surface area contributed by atoms with Crippen LogP contribution in [0.5, 0.6) is 0 Å². The highest BCUT2D eigenvalue weighted by molar-refractivity contribution is 5.94. The summed E-state index contributed by atoms with van der Waals surface area (Å²) in [5.41, 5.74) is 6.04. The maximum absolute atomic E-state index is 13.4. The molecule has 0 spiro atoms. The predicted molar refractivity (Wildman–Crippen MR) is 104 cm³/mol. The Labute approximate surface area is 169 Å². The van der Waals surface area contributed by atoms with E-state index in [0.717, 1.165) is 6.20 Å². The molecule has 2 aromatic heterocycles. The Kier molecular flexibility index (Phi) is 6.21. The molecule has 2 heterocycles. The highest BCUT2D eigenvalue weighted by Crippen LogP contribution is 2.36. The number of carbonyl (C=O) groups excluding carboxylic acids is 1. The number of anilines is 3. The first kappa shape index (κ1) is 21.1. The van der Waals surface area contributed by atoms with Gasteiger partial charge in [-0.15, -0.1) is 0 Å². The van der Waals surface area contributed by atoms with E-state index < -0.39 is 17.6 Å². The van der Waals surface area contributed by atoms with Gasteiger partial charge < -0.3 is 21.1 Å². The van der Waals surface area contributed by atoms with Crippen LogP contribution in [0, 0.1) is 0 Å². The number of nitrogens with zero attached hydrogens (tertiary/aromatic N) is 2. The number of primary amides is 1. The van der Waals surface area contributed by atoms with Crippen molar-refractivity contribution in [3.63, 3.8) is 0 Å². The number of halogens is 3. The van der Waals surface area contributed by atoms with Gasteiger partial charge in [0.25, 0.3) is 0 Å². The van der Waals surface area contributed by atoms with Gasteiger partial charge in [0, 0.05) is 31.5 Å². The van der Waals surface area contributed by atoms with Crippen LogP contribution in [0.2, 0.25) is 0 Å². The number of nitrogens with two attached hydrogens (primary N) is 1. The standard InChI is InChI=1S/C19H19F3N6O2/c1-30-10-16-15(9-26-28-16)27-17-6-14(13(8-25-17)19(20,21)22)24-7-11-4-2-3-5-12(11)18(23)29/h2-6,8-9H,7,10H2,1H3,(H2,23,29)(H,26,28)(H2,24,25,27). The summed E-state index contributed by atoms with van der Waals surface area (Å²) in [6.07, 6.45) is -2.40. The molecule has 11 heteroatoms. The number of alkyl halides is 3. The molecule has 0 unspecified atom stereocenters. The molecule has 5 N–H and O–H groups in total. The number of hydrogen-bond donors (Lipinski definition) is 4. The summed E-state index contributed by atoms with van der Waals surface area (Å²) in [4.78, 5) is 15.4. The summed E-state index contributed by atoms with van der Waals surface area (Å²) < 4.78 is 45.4. The van der Waals surface area contributed by atoms with E-state index in [0.29, 0.717) is 16.9 Å². The van der Waals surface area contributed by atoms with Gasteiger partial charge in [-0.3, -0.25) is 9.89 Å². The molecule has 1 aromatic carbocycles. The lowest BCUT2D eigenvalue weighted by Crippen LogP contribution is -2.16. The second-order valence-corrected chi connectivity index (χ2v) is 6.31. The van der Waals surface area contributed by atoms with E-state index in [9.17, 15) is 18.0 Å². The fourth-order valence-electron chi connectivity index (χ4n) is 2.81. The number of pyridine rings is 1. The van der Waals surface area contributed by atoms with Crippen LogP contribution in [0.15, 0.2) is 42.7 Å². The number of hydrogen-bond acceptors (Lipinski definition) is 6. The smallest absolute Gasteiger partial charge is 0.380 e. The molecule has 0 aliphatic carbocycles. The number of nitrogens with one attached hydrogen (secondary N) is 3. The van der Waals surface area contributed by atoms with Gasteiger partial charge in [0.15, 0.2) is 0 Å². The Morgan fingerprint density at radius 1 is 1.23 bits per heavy atom. The van der Waals surface area contributed by atoms with Crippen LogP contribution in [0.4, 0.5) is 30.4 Å². The zero-order valence-corrected chi connectivity index (χ0v) is 15.9. The largest absolute Gasteiger partial charge is 0.419 e. The Bertz CT molecular complexity index is 1040. The van der Waals surface area contributed by atoms with Gasteiger partial charge in [0.2, 0.25) is 5.91 Å². The molecular formula is C19H19F3N6O2. The van der Waals surface area contributed by atoms with Crippen molar-refractivity contribution in [2.24, 2.45) is 5.73 Å². The first-order valence-corrected chi connectivity index (χ1v) is 8.76. The summed E-state index contributed by atoms with van der Waals surface area (Å²) in [7, 11) is 1.51. The van der Waals surface area contributed by atoms with E-state index in [1.165, 1.54) is 25.4 Å². The SMILES string of the molecule is COCc1[nH]ncc1Nc1cc(NCc2ccccc2C(N)=O)c(C(F)(F)F)cn1. The second-order valence-electron chi connectivity index (χ2n) is 6.31. The molecule has 0 bridgehead atoms. The molecule has 0 saturated heterocycles. The average Bonchev–Trinajstić information content (AvgIpc) is 3.13. The molecule has 3 aromatic rings. The molecule has 3 rings (SSSR count). The third kappa shape index (κ3) is 4.87. The Morgan fingerprint density at radius 3 is 2.70 bits per heavy atom. The number of H-pyrrole nitrogens is 1. The normalized spacial score (nSPS) is 11.3. The Hall–Kier alpha value is -3.60. The van der Waals surface area contributed by atoms with Crippen LogP contribution in [-0.4, -0.2) is 28.2 Å². The van der Waals surface area contributed by atoms with Crippen LogP contribution < -0.4 is 16.4 Å². The van der Waals surface area contributed by atoms with Crippen LogP contribution in [-0.2, 0) is 24.1 Å². The fourth-order valence-corrected chi connectivity index (χ4v) is 2.81. The van der Waals surface area contributed by atoms with Crippen molar-refractivity contribution in [3.8, 4) is 0 Å². The number of aromatic amines is 1. The quantitative estimate of drug-likeness (QED) is 0.444. The van der Waals surface area contributed by atoms with Crippen molar-refractivity contribution >= 4 is 23.1 Å². The van der Waals surface area contributed by atoms with Crippen LogP contribution >= 0.6 is 0 Å². The lowest BCUT2D eigenvalue weighted by Gasteiger charge is -2.17. The maximum atomic E-state index is 13.4. The molecule has 8 nitrogen and oxygen atoms in total. The van der Waals surface area contributed by atoms with Crippen LogP contribution in [0.1, 0.15) is 27.2 Å². The lowest BCUT2D eigenvalue weighted by atomic mass is 10.1. The molecule has 0 saturated carbocycles. The van der Waals surface area contributed by atoms with E-state index in [4.69, 9.17) is 10.5 Å².